The van der Waals surface area contributed by atoms with E-state index >= 15 is 0 Å². The monoisotopic (exact) mass is 384 g/mol. The zero-order valence-corrected chi connectivity index (χ0v) is 16.7. The number of nitrogen functional groups attached to an aromatic ring is 1. The van der Waals surface area contributed by atoms with E-state index in [2.05, 4.69) is 18.7 Å². The minimum absolute atomic E-state index is 0.0555. The number of carbonyl (C=O) groups excluding carboxylic acids is 1. The third-order valence-electron chi connectivity index (χ3n) is 5.36. The zero-order valence-electron chi connectivity index (χ0n) is 16.7. The number of nitrogens with two attached hydrogens (primary N) is 1. The number of Topliss-reactive ketones (excluding diaryl/α,β-unsaturated/α-hetero) is 1. The average Bonchev–Trinajstić information content (AvgIpc) is 2.63. The first-order valence-electron chi connectivity index (χ1n) is 9.66. The quantitative estimate of drug-likeness (QED) is 0.786. The Balaban J connectivity index is 1.95. The molecule has 7 heteroatoms. The van der Waals surface area contributed by atoms with Crippen molar-refractivity contribution in [1.29, 1.82) is 0 Å². The van der Waals surface area contributed by atoms with Crippen LogP contribution in [0.1, 0.15) is 36.2 Å². The molecule has 0 aliphatic carbocycles. The summed E-state index contributed by atoms with van der Waals surface area (Å²) >= 11 is 0. The van der Waals surface area contributed by atoms with Crippen molar-refractivity contribution in [3.8, 4) is 0 Å². The number of hydrogen-bond acceptors (Lipinski definition) is 5. The van der Waals surface area contributed by atoms with Crippen molar-refractivity contribution in [3.05, 3.63) is 62.3 Å². The number of rotatable bonds is 5. The summed E-state index contributed by atoms with van der Waals surface area (Å²) in [6.45, 7) is 6.32. The first-order chi connectivity index (χ1) is 13.3. The summed E-state index contributed by atoms with van der Waals surface area (Å²) in [6, 6.07) is 9.35. The molecule has 2 heterocycles. The summed E-state index contributed by atoms with van der Waals surface area (Å²) < 4.78 is 2.26. The van der Waals surface area contributed by atoms with E-state index in [1.807, 2.05) is 30.3 Å². The van der Waals surface area contributed by atoms with E-state index in [1.165, 1.54) is 11.6 Å². The van der Waals surface area contributed by atoms with Crippen LogP contribution in [0, 0.1) is 11.8 Å². The number of benzene rings is 1. The fraction of sp³-hybridized carbons (Fsp3) is 0.476. The van der Waals surface area contributed by atoms with Gasteiger partial charge in [-0.05, 0) is 23.8 Å². The summed E-state index contributed by atoms with van der Waals surface area (Å²) in [4.78, 5) is 40.3. The molecule has 1 aromatic heterocycles. The highest BCUT2D eigenvalue weighted by Crippen LogP contribution is 2.21. The van der Waals surface area contributed by atoms with Crippen molar-refractivity contribution in [2.75, 3.05) is 25.4 Å². The van der Waals surface area contributed by atoms with Gasteiger partial charge in [-0.3, -0.25) is 23.6 Å². The Bertz CT molecular complexity index is 968. The molecule has 1 saturated heterocycles. The van der Waals surface area contributed by atoms with Crippen LogP contribution in [-0.4, -0.2) is 39.5 Å². The summed E-state index contributed by atoms with van der Waals surface area (Å²) in [6.07, 6.45) is 1.14. The molecule has 2 unspecified atom stereocenters. The lowest BCUT2D eigenvalue weighted by atomic mass is 9.91. The second-order valence-corrected chi connectivity index (χ2v) is 8.04. The Morgan fingerprint density at radius 1 is 1.11 bits per heavy atom. The minimum atomic E-state index is -0.630. The largest absolute Gasteiger partial charge is 0.384 e. The number of nitrogens with zero attached hydrogens (tertiary/aromatic N) is 3. The lowest BCUT2D eigenvalue weighted by molar-refractivity contribution is 0.0847. The van der Waals surface area contributed by atoms with Crippen LogP contribution in [0.15, 0.2) is 39.9 Å². The van der Waals surface area contributed by atoms with Gasteiger partial charge < -0.3 is 5.73 Å². The third-order valence-corrected chi connectivity index (χ3v) is 5.36. The molecule has 2 N–H and O–H groups in total. The molecule has 1 aliphatic heterocycles. The average molecular weight is 384 g/mol. The number of likely N-dealkylation sites (tertiary alicyclic amines) is 1. The number of aromatic nitrogens is 2. The summed E-state index contributed by atoms with van der Waals surface area (Å²) in [5, 5.41) is 0. The molecule has 0 saturated carbocycles. The molecule has 0 bridgehead atoms. The molecule has 1 aliphatic rings. The van der Waals surface area contributed by atoms with Crippen LogP contribution in [0.2, 0.25) is 0 Å². The third kappa shape index (κ3) is 4.09. The van der Waals surface area contributed by atoms with E-state index in [1.54, 1.807) is 0 Å². The number of piperidine rings is 1. The molecule has 0 radical (unpaired) electrons. The Labute approximate surface area is 164 Å². The predicted molar refractivity (Wildman–Crippen MR) is 110 cm³/mol. The van der Waals surface area contributed by atoms with Crippen LogP contribution >= 0.6 is 0 Å². The van der Waals surface area contributed by atoms with Crippen LogP contribution in [0.4, 0.5) is 5.82 Å². The SMILES string of the molecule is CC1CC(C)CN(CC(=O)c2c(N)n(Cc3ccccc3)c(=O)n(C)c2=O)C1. The summed E-state index contributed by atoms with van der Waals surface area (Å²) in [7, 11) is 1.38. The predicted octanol–water partition coefficient (Wildman–Crippen LogP) is 1.34. The van der Waals surface area contributed by atoms with Gasteiger partial charge in [-0.2, -0.15) is 0 Å². The second kappa shape index (κ2) is 8.14. The van der Waals surface area contributed by atoms with Gasteiger partial charge in [-0.1, -0.05) is 44.2 Å². The molecule has 1 aromatic carbocycles. The first-order valence-corrected chi connectivity index (χ1v) is 9.66. The molecular formula is C21H28N4O3. The van der Waals surface area contributed by atoms with Gasteiger partial charge in [0.25, 0.3) is 5.56 Å². The molecule has 2 aromatic rings. The highest BCUT2D eigenvalue weighted by atomic mass is 16.2. The van der Waals surface area contributed by atoms with Gasteiger partial charge in [0.05, 0.1) is 13.1 Å². The van der Waals surface area contributed by atoms with Gasteiger partial charge >= 0.3 is 5.69 Å². The van der Waals surface area contributed by atoms with E-state index in [0.29, 0.717) is 11.8 Å². The number of anilines is 1. The Kier molecular flexibility index (Phi) is 5.84. The van der Waals surface area contributed by atoms with Crippen molar-refractivity contribution in [3.63, 3.8) is 0 Å². The van der Waals surface area contributed by atoms with Crippen LogP contribution in [0.25, 0.3) is 0 Å². The maximum atomic E-state index is 13.0. The molecule has 7 nitrogen and oxygen atoms in total. The van der Waals surface area contributed by atoms with Gasteiger partial charge in [-0.25, -0.2) is 4.79 Å². The summed E-state index contributed by atoms with van der Waals surface area (Å²) in [5.74, 6) is 0.619. The van der Waals surface area contributed by atoms with Gasteiger partial charge in [0.1, 0.15) is 11.4 Å². The van der Waals surface area contributed by atoms with E-state index in [9.17, 15) is 14.4 Å². The lowest BCUT2D eigenvalue weighted by Crippen LogP contribution is -2.46. The van der Waals surface area contributed by atoms with Gasteiger partial charge in [-0.15, -0.1) is 0 Å². The molecule has 2 atom stereocenters. The fourth-order valence-electron chi connectivity index (χ4n) is 4.17. The van der Waals surface area contributed by atoms with Crippen molar-refractivity contribution in [1.82, 2.24) is 14.0 Å². The molecular weight excluding hydrogens is 356 g/mol. The smallest absolute Gasteiger partial charge is 0.332 e. The number of hydrogen-bond donors (Lipinski definition) is 1. The summed E-state index contributed by atoms with van der Waals surface area (Å²) in [5.41, 5.74) is 5.79. The van der Waals surface area contributed by atoms with Gasteiger partial charge in [0.2, 0.25) is 0 Å². The van der Waals surface area contributed by atoms with Crippen LogP contribution in [0.3, 0.4) is 0 Å². The topological polar surface area (TPSA) is 90.3 Å². The van der Waals surface area contributed by atoms with E-state index in [0.717, 1.165) is 29.6 Å². The number of ketones is 1. The lowest BCUT2D eigenvalue weighted by Gasteiger charge is -2.34. The van der Waals surface area contributed by atoms with Crippen LogP contribution in [0.5, 0.6) is 0 Å². The Hall–Kier alpha value is -2.67. The van der Waals surface area contributed by atoms with Gasteiger partial charge in [0, 0.05) is 20.1 Å². The van der Waals surface area contributed by atoms with Crippen LogP contribution < -0.4 is 17.0 Å². The van der Waals surface area contributed by atoms with Crippen molar-refractivity contribution >= 4 is 11.6 Å². The van der Waals surface area contributed by atoms with E-state index < -0.39 is 11.2 Å². The van der Waals surface area contributed by atoms with E-state index in [-0.39, 0.29) is 30.3 Å². The normalized spacial score (nSPS) is 20.2. The van der Waals surface area contributed by atoms with Crippen LogP contribution in [-0.2, 0) is 13.6 Å². The van der Waals surface area contributed by atoms with E-state index in [4.69, 9.17) is 5.73 Å². The molecule has 150 valence electrons. The maximum Gasteiger partial charge on any atom is 0.332 e. The van der Waals surface area contributed by atoms with Gasteiger partial charge in [0.15, 0.2) is 5.78 Å². The fourth-order valence-corrected chi connectivity index (χ4v) is 4.17. The standard InChI is InChI=1S/C21H28N4O3/c1-14-9-15(2)11-24(10-14)13-17(26)18-19(22)25(21(28)23(3)20(18)27)12-16-7-5-4-6-8-16/h4-8,14-15H,9-13,22H2,1-3H3. The number of carbonyl (C=O) groups is 1. The van der Waals surface area contributed by atoms with Crippen molar-refractivity contribution in [2.24, 2.45) is 18.9 Å². The minimum Gasteiger partial charge on any atom is -0.384 e. The van der Waals surface area contributed by atoms with Crippen molar-refractivity contribution in [2.45, 2.75) is 26.8 Å². The first kappa shape index (κ1) is 20.1. The molecule has 28 heavy (non-hydrogen) atoms. The molecule has 1 fully saturated rings. The molecule has 0 spiro atoms. The highest BCUT2D eigenvalue weighted by molar-refractivity contribution is 6.01. The maximum absolute atomic E-state index is 13.0. The molecule has 0 amide bonds. The molecule has 3 rings (SSSR count). The Morgan fingerprint density at radius 3 is 2.32 bits per heavy atom. The van der Waals surface area contributed by atoms with Crippen molar-refractivity contribution < 1.29 is 4.79 Å². The second-order valence-electron chi connectivity index (χ2n) is 8.04. The zero-order chi connectivity index (χ0) is 20.4. The Morgan fingerprint density at radius 2 is 1.71 bits per heavy atom. The highest BCUT2D eigenvalue weighted by Gasteiger charge is 2.27.